The van der Waals surface area contributed by atoms with Crippen molar-refractivity contribution in [2.75, 3.05) is 0 Å². The van der Waals surface area contributed by atoms with Crippen molar-refractivity contribution in [3.8, 4) is 11.3 Å². The maximum absolute atomic E-state index is 8.78. The highest BCUT2D eigenvalue weighted by Gasteiger charge is 2.18. The first-order valence-corrected chi connectivity index (χ1v) is 4.14. The van der Waals surface area contributed by atoms with Crippen molar-refractivity contribution in [2.45, 2.75) is 0 Å². The smallest absolute Gasteiger partial charge is 0.451 e. The molecular formula is C9H8BNO3. The summed E-state index contributed by atoms with van der Waals surface area (Å²) in [6.07, 6.45) is 1.39. The molecular weight excluding hydrogens is 181 g/mol. The van der Waals surface area contributed by atoms with Crippen LogP contribution in [0, 0.1) is 0 Å². The third-order valence-electron chi connectivity index (χ3n) is 1.81. The average molecular weight is 189 g/mol. The van der Waals surface area contributed by atoms with Gasteiger partial charge >= 0.3 is 7.12 Å². The molecule has 1 aromatic heterocycles. The Bertz CT molecular complexity index is 413. The Hall–Kier alpha value is -1.59. The molecule has 5 heteroatoms. The molecule has 70 valence electrons. The fraction of sp³-hybridized carbons (Fsp3) is 0. The molecule has 1 heterocycles. The van der Waals surface area contributed by atoms with E-state index in [1.165, 1.54) is 6.26 Å². The van der Waals surface area contributed by atoms with Crippen LogP contribution in [0.15, 0.2) is 41.0 Å². The van der Waals surface area contributed by atoms with Crippen molar-refractivity contribution in [1.29, 1.82) is 0 Å². The minimum Gasteiger partial charge on any atom is -0.451 e. The summed E-state index contributed by atoms with van der Waals surface area (Å²) in [7, 11) is -1.66. The quantitative estimate of drug-likeness (QED) is 0.653. The second-order valence-corrected chi connectivity index (χ2v) is 2.81. The van der Waals surface area contributed by atoms with Crippen LogP contribution in [0.5, 0.6) is 0 Å². The lowest BCUT2D eigenvalue weighted by Crippen LogP contribution is -2.30. The summed E-state index contributed by atoms with van der Waals surface area (Å²) in [5.74, 6) is -0.0937. The number of nitrogens with zero attached hydrogens (tertiary/aromatic N) is 1. The van der Waals surface area contributed by atoms with Gasteiger partial charge in [0.15, 0.2) is 0 Å². The van der Waals surface area contributed by atoms with E-state index >= 15 is 0 Å². The van der Waals surface area contributed by atoms with E-state index in [9.17, 15) is 0 Å². The number of aromatic nitrogens is 1. The molecule has 0 aliphatic carbocycles. The lowest BCUT2D eigenvalue weighted by Gasteiger charge is -1.92. The third-order valence-corrected chi connectivity index (χ3v) is 1.81. The highest BCUT2D eigenvalue weighted by Crippen LogP contribution is 2.14. The largest absolute Gasteiger partial charge is 0.548 e. The molecule has 14 heavy (non-hydrogen) atoms. The third kappa shape index (κ3) is 1.68. The van der Waals surface area contributed by atoms with Crippen LogP contribution < -0.4 is 5.79 Å². The van der Waals surface area contributed by atoms with Crippen molar-refractivity contribution >= 4 is 12.9 Å². The van der Waals surface area contributed by atoms with Gasteiger partial charge in [0.05, 0.1) is 0 Å². The molecule has 0 saturated heterocycles. The van der Waals surface area contributed by atoms with Crippen LogP contribution in [0.3, 0.4) is 0 Å². The summed E-state index contributed by atoms with van der Waals surface area (Å²) >= 11 is 0. The number of hydrogen-bond donors (Lipinski definition) is 2. The number of oxazole rings is 1. The fourth-order valence-corrected chi connectivity index (χ4v) is 1.15. The van der Waals surface area contributed by atoms with Crippen molar-refractivity contribution in [3.63, 3.8) is 0 Å². The minimum atomic E-state index is -1.66. The Labute approximate surface area is 81.0 Å². The van der Waals surface area contributed by atoms with Crippen LogP contribution in [0.25, 0.3) is 11.3 Å². The molecule has 0 aliphatic rings. The summed E-state index contributed by atoms with van der Waals surface area (Å²) in [5.41, 5.74) is 1.47. The van der Waals surface area contributed by atoms with Crippen LogP contribution in [0.1, 0.15) is 0 Å². The molecule has 0 unspecified atom stereocenters. The maximum Gasteiger partial charge on any atom is 0.548 e. The Morgan fingerprint density at radius 1 is 1.14 bits per heavy atom. The van der Waals surface area contributed by atoms with Crippen LogP contribution in [0.2, 0.25) is 0 Å². The Balaban J connectivity index is 2.34. The van der Waals surface area contributed by atoms with Crippen LogP contribution in [-0.4, -0.2) is 22.2 Å². The fourth-order valence-electron chi connectivity index (χ4n) is 1.15. The lowest BCUT2D eigenvalue weighted by molar-refractivity contribution is 0.407. The predicted molar refractivity (Wildman–Crippen MR) is 51.8 cm³/mol. The maximum atomic E-state index is 8.78. The monoisotopic (exact) mass is 189 g/mol. The average Bonchev–Trinajstić information content (AvgIpc) is 2.68. The first kappa shape index (κ1) is 8.99. The van der Waals surface area contributed by atoms with Gasteiger partial charge in [0.25, 0.3) is 0 Å². The van der Waals surface area contributed by atoms with Gasteiger partial charge in [-0.1, -0.05) is 30.3 Å². The molecule has 0 saturated carbocycles. The van der Waals surface area contributed by atoms with Gasteiger partial charge in [0.1, 0.15) is 12.0 Å². The SMILES string of the molecule is OB(O)c1nc(-c2ccccc2)co1. The second kappa shape index (κ2) is 3.65. The number of benzene rings is 1. The van der Waals surface area contributed by atoms with Crippen molar-refractivity contribution in [1.82, 2.24) is 4.98 Å². The van der Waals surface area contributed by atoms with E-state index in [1.807, 2.05) is 30.3 Å². The molecule has 0 fully saturated rings. The molecule has 0 spiro atoms. The summed E-state index contributed by atoms with van der Waals surface area (Å²) in [6, 6.07) is 9.38. The van der Waals surface area contributed by atoms with E-state index in [0.29, 0.717) is 5.69 Å². The highest BCUT2D eigenvalue weighted by molar-refractivity contribution is 6.56. The molecule has 2 rings (SSSR count). The summed E-state index contributed by atoms with van der Waals surface area (Å²) < 4.78 is 4.87. The van der Waals surface area contributed by atoms with E-state index < -0.39 is 7.12 Å². The van der Waals surface area contributed by atoms with Crippen molar-refractivity contribution in [2.24, 2.45) is 0 Å². The second-order valence-electron chi connectivity index (χ2n) is 2.81. The van der Waals surface area contributed by atoms with E-state index in [1.54, 1.807) is 0 Å². The van der Waals surface area contributed by atoms with Gasteiger partial charge in [-0.25, -0.2) is 4.98 Å². The van der Waals surface area contributed by atoms with Gasteiger partial charge in [-0.05, 0) is 0 Å². The van der Waals surface area contributed by atoms with Crippen molar-refractivity contribution in [3.05, 3.63) is 36.6 Å². The van der Waals surface area contributed by atoms with Crippen molar-refractivity contribution < 1.29 is 14.5 Å². The lowest BCUT2D eigenvalue weighted by atomic mass is 9.92. The van der Waals surface area contributed by atoms with Crippen LogP contribution in [-0.2, 0) is 0 Å². The number of rotatable bonds is 2. The predicted octanol–water partition coefficient (Wildman–Crippen LogP) is 0.0214. The molecule has 0 amide bonds. The van der Waals surface area contributed by atoms with Gasteiger partial charge < -0.3 is 14.5 Å². The first-order valence-electron chi connectivity index (χ1n) is 4.14. The zero-order chi connectivity index (χ0) is 9.97. The molecule has 2 N–H and O–H groups in total. The van der Waals surface area contributed by atoms with Gasteiger partial charge in [0, 0.05) is 5.56 Å². The van der Waals surface area contributed by atoms with E-state index in [4.69, 9.17) is 14.5 Å². The summed E-state index contributed by atoms with van der Waals surface area (Å²) in [4.78, 5) is 3.91. The molecule has 1 aromatic carbocycles. The molecule has 0 bridgehead atoms. The Morgan fingerprint density at radius 3 is 2.43 bits per heavy atom. The number of hydrogen-bond acceptors (Lipinski definition) is 4. The van der Waals surface area contributed by atoms with E-state index in [0.717, 1.165) is 5.56 Å². The van der Waals surface area contributed by atoms with Gasteiger partial charge in [-0.15, -0.1) is 0 Å². The van der Waals surface area contributed by atoms with Gasteiger partial charge in [0.2, 0.25) is 5.79 Å². The topological polar surface area (TPSA) is 66.5 Å². The first-order chi connectivity index (χ1) is 6.77. The molecule has 2 aromatic rings. The van der Waals surface area contributed by atoms with Crippen LogP contribution >= 0.6 is 0 Å². The zero-order valence-corrected chi connectivity index (χ0v) is 7.29. The van der Waals surface area contributed by atoms with E-state index in [2.05, 4.69) is 4.98 Å². The van der Waals surface area contributed by atoms with Gasteiger partial charge in [-0.2, -0.15) is 0 Å². The summed E-state index contributed by atoms with van der Waals surface area (Å²) in [6.45, 7) is 0. The Morgan fingerprint density at radius 2 is 1.86 bits per heavy atom. The standard InChI is InChI=1S/C9H8BNO3/c12-10(13)9-11-8(6-14-9)7-4-2-1-3-5-7/h1-6,12-13H. The Kier molecular flexibility index (Phi) is 2.34. The highest BCUT2D eigenvalue weighted by atomic mass is 16.4. The minimum absolute atomic E-state index is 0.0937. The van der Waals surface area contributed by atoms with Gasteiger partial charge in [-0.3, -0.25) is 0 Å². The van der Waals surface area contributed by atoms with E-state index in [-0.39, 0.29) is 5.79 Å². The molecule has 0 radical (unpaired) electrons. The summed E-state index contributed by atoms with van der Waals surface area (Å²) in [5, 5.41) is 17.6. The normalized spacial score (nSPS) is 10.1. The van der Waals surface area contributed by atoms with Crippen LogP contribution in [0.4, 0.5) is 0 Å². The molecule has 0 atom stereocenters. The molecule has 4 nitrogen and oxygen atoms in total. The molecule has 0 aliphatic heterocycles. The zero-order valence-electron chi connectivity index (χ0n) is 7.29.